The van der Waals surface area contributed by atoms with E-state index in [9.17, 15) is 9.59 Å². The fourth-order valence-corrected chi connectivity index (χ4v) is 3.52. The number of pyridine rings is 1. The Balaban J connectivity index is 1.80. The van der Waals surface area contributed by atoms with Gasteiger partial charge < -0.3 is 24.7 Å². The standard InChI is InChI=1S/C22H29N3O4/c1-3-28-14-15-29-19-7-5-4-6-18(19)24-21(26)20-16(2)10-13-25(22(20)27)17-8-11-23-12-9-17/h4-7,10,13,17,23H,3,8-9,11-12,14-15H2,1-2H3,(H,24,26). The Kier molecular flexibility index (Phi) is 7.43. The van der Waals surface area contributed by atoms with Gasteiger partial charge in [0.1, 0.15) is 17.9 Å². The zero-order valence-corrected chi connectivity index (χ0v) is 17.1. The number of carbonyl (C=O) groups is 1. The van der Waals surface area contributed by atoms with Crippen molar-refractivity contribution in [3.05, 3.63) is 58.0 Å². The number of aromatic nitrogens is 1. The second kappa shape index (κ2) is 10.2. The quantitative estimate of drug-likeness (QED) is 0.667. The summed E-state index contributed by atoms with van der Waals surface area (Å²) in [5, 5.41) is 6.15. The van der Waals surface area contributed by atoms with Crippen molar-refractivity contribution in [1.82, 2.24) is 9.88 Å². The molecule has 0 radical (unpaired) electrons. The number of benzene rings is 1. The molecular formula is C22H29N3O4. The summed E-state index contributed by atoms with van der Waals surface area (Å²) < 4.78 is 12.7. The first-order valence-electron chi connectivity index (χ1n) is 10.1. The van der Waals surface area contributed by atoms with Crippen molar-refractivity contribution < 1.29 is 14.3 Å². The second-order valence-electron chi connectivity index (χ2n) is 7.06. The number of nitrogens with one attached hydrogen (secondary N) is 2. The summed E-state index contributed by atoms with van der Waals surface area (Å²) in [5.74, 6) is 0.129. The molecule has 1 aromatic carbocycles. The third kappa shape index (κ3) is 5.25. The first-order valence-corrected chi connectivity index (χ1v) is 10.1. The van der Waals surface area contributed by atoms with Crippen LogP contribution in [0.3, 0.4) is 0 Å². The van der Waals surface area contributed by atoms with Crippen LogP contribution >= 0.6 is 0 Å². The Morgan fingerprint density at radius 1 is 1.21 bits per heavy atom. The molecule has 0 atom stereocenters. The maximum absolute atomic E-state index is 13.1. The van der Waals surface area contributed by atoms with Crippen molar-refractivity contribution in [2.24, 2.45) is 0 Å². The molecule has 1 amide bonds. The fourth-order valence-electron chi connectivity index (χ4n) is 3.52. The Bertz CT molecular complexity index is 888. The molecule has 7 heteroatoms. The Morgan fingerprint density at radius 2 is 1.97 bits per heavy atom. The molecule has 3 rings (SSSR count). The number of anilines is 1. The number of para-hydroxylation sites is 2. The molecule has 1 fully saturated rings. The van der Waals surface area contributed by atoms with Crippen LogP contribution in [-0.4, -0.2) is 43.4 Å². The SMILES string of the molecule is CCOCCOc1ccccc1NC(=O)c1c(C)ccn(C2CCNCC2)c1=O. The lowest BCUT2D eigenvalue weighted by Crippen LogP contribution is -2.37. The minimum absolute atomic E-state index is 0.116. The van der Waals surface area contributed by atoms with Gasteiger partial charge in [0, 0.05) is 18.8 Å². The van der Waals surface area contributed by atoms with E-state index in [-0.39, 0.29) is 17.2 Å². The van der Waals surface area contributed by atoms with Crippen LogP contribution in [0, 0.1) is 6.92 Å². The topological polar surface area (TPSA) is 81.6 Å². The van der Waals surface area contributed by atoms with E-state index in [2.05, 4.69) is 10.6 Å². The molecular weight excluding hydrogens is 370 g/mol. The molecule has 7 nitrogen and oxygen atoms in total. The van der Waals surface area contributed by atoms with Gasteiger partial charge >= 0.3 is 0 Å². The average Bonchev–Trinajstić information content (AvgIpc) is 2.73. The number of nitrogens with zero attached hydrogens (tertiary/aromatic N) is 1. The summed E-state index contributed by atoms with van der Waals surface area (Å²) in [6.45, 7) is 6.93. The third-order valence-corrected chi connectivity index (χ3v) is 5.08. The number of hydrogen-bond donors (Lipinski definition) is 2. The van der Waals surface area contributed by atoms with Crippen LogP contribution in [0.5, 0.6) is 5.75 Å². The number of carbonyl (C=O) groups excluding carboxylic acids is 1. The number of aryl methyl sites for hydroxylation is 1. The summed E-state index contributed by atoms with van der Waals surface area (Å²) in [4.78, 5) is 26.1. The smallest absolute Gasteiger partial charge is 0.263 e. The lowest BCUT2D eigenvalue weighted by Gasteiger charge is -2.25. The van der Waals surface area contributed by atoms with Gasteiger partial charge in [-0.15, -0.1) is 0 Å². The fraction of sp³-hybridized carbons (Fsp3) is 0.455. The minimum Gasteiger partial charge on any atom is -0.489 e. The molecule has 0 spiro atoms. The lowest BCUT2D eigenvalue weighted by atomic mass is 10.0. The third-order valence-electron chi connectivity index (χ3n) is 5.08. The molecule has 29 heavy (non-hydrogen) atoms. The average molecular weight is 399 g/mol. The highest BCUT2D eigenvalue weighted by molar-refractivity contribution is 6.05. The molecule has 0 bridgehead atoms. The maximum Gasteiger partial charge on any atom is 0.263 e. The van der Waals surface area contributed by atoms with Crippen molar-refractivity contribution in [3.8, 4) is 5.75 Å². The number of amides is 1. The Morgan fingerprint density at radius 3 is 2.72 bits per heavy atom. The number of ether oxygens (including phenoxy) is 2. The monoisotopic (exact) mass is 399 g/mol. The second-order valence-corrected chi connectivity index (χ2v) is 7.06. The van der Waals surface area contributed by atoms with Gasteiger partial charge in [0.05, 0.1) is 12.3 Å². The van der Waals surface area contributed by atoms with E-state index in [4.69, 9.17) is 9.47 Å². The zero-order chi connectivity index (χ0) is 20.6. The summed E-state index contributed by atoms with van der Waals surface area (Å²) in [6, 6.07) is 9.15. The minimum atomic E-state index is -0.420. The normalized spacial score (nSPS) is 14.6. The highest BCUT2D eigenvalue weighted by atomic mass is 16.5. The van der Waals surface area contributed by atoms with Crippen molar-refractivity contribution in [2.75, 3.05) is 38.2 Å². The number of rotatable bonds is 8. The largest absolute Gasteiger partial charge is 0.489 e. The van der Waals surface area contributed by atoms with Gasteiger partial charge in [0.25, 0.3) is 11.5 Å². The maximum atomic E-state index is 13.1. The molecule has 0 unspecified atom stereocenters. The van der Waals surface area contributed by atoms with Crippen molar-refractivity contribution in [3.63, 3.8) is 0 Å². The van der Waals surface area contributed by atoms with Crippen molar-refractivity contribution in [2.45, 2.75) is 32.7 Å². The van der Waals surface area contributed by atoms with E-state index in [1.165, 1.54) is 0 Å². The highest BCUT2D eigenvalue weighted by Gasteiger charge is 2.22. The zero-order valence-electron chi connectivity index (χ0n) is 17.1. The first kappa shape index (κ1) is 21.1. The van der Waals surface area contributed by atoms with Gasteiger partial charge in [0.15, 0.2) is 0 Å². The number of piperidine rings is 1. The van der Waals surface area contributed by atoms with E-state index in [0.717, 1.165) is 25.9 Å². The molecule has 1 aromatic heterocycles. The van der Waals surface area contributed by atoms with Crippen LogP contribution in [0.2, 0.25) is 0 Å². The van der Waals surface area contributed by atoms with E-state index >= 15 is 0 Å². The highest BCUT2D eigenvalue weighted by Crippen LogP contribution is 2.24. The summed E-state index contributed by atoms with van der Waals surface area (Å²) in [6.07, 6.45) is 3.55. The van der Waals surface area contributed by atoms with Crippen molar-refractivity contribution >= 4 is 11.6 Å². The van der Waals surface area contributed by atoms with Gasteiger partial charge in [0.2, 0.25) is 0 Å². The van der Waals surface area contributed by atoms with Crippen LogP contribution in [0.15, 0.2) is 41.3 Å². The van der Waals surface area contributed by atoms with Crippen molar-refractivity contribution in [1.29, 1.82) is 0 Å². The summed E-state index contributed by atoms with van der Waals surface area (Å²) in [7, 11) is 0. The Hall–Kier alpha value is -2.64. The van der Waals surface area contributed by atoms with Gasteiger partial charge in [-0.05, 0) is 63.5 Å². The van der Waals surface area contributed by atoms with E-state index in [0.29, 0.717) is 36.8 Å². The molecule has 2 N–H and O–H groups in total. The molecule has 2 heterocycles. The molecule has 156 valence electrons. The van der Waals surface area contributed by atoms with Crippen LogP contribution in [0.4, 0.5) is 5.69 Å². The van der Waals surface area contributed by atoms with Crippen LogP contribution in [0.25, 0.3) is 0 Å². The molecule has 0 saturated carbocycles. The van der Waals surface area contributed by atoms with Gasteiger partial charge in [-0.2, -0.15) is 0 Å². The van der Waals surface area contributed by atoms with Gasteiger partial charge in [-0.1, -0.05) is 12.1 Å². The van der Waals surface area contributed by atoms with E-state index in [1.54, 1.807) is 29.8 Å². The van der Waals surface area contributed by atoms with Crippen LogP contribution < -0.4 is 20.9 Å². The Labute approximate surface area is 171 Å². The molecule has 1 aliphatic rings. The lowest BCUT2D eigenvalue weighted by molar-refractivity contribution is 0.102. The molecule has 1 saturated heterocycles. The van der Waals surface area contributed by atoms with Gasteiger partial charge in [-0.25, -0.2) is 0 Å². The number of hydrogen-bond acceptors (Lipinski definition) is 5. The predicted octanol–water partition coefficient (Wildman–Crippen LogP) is 2.75. The molecule has 0 aliphatic carbocycles. The van der Waals surface area contributed by atoms with E-state index < -0.39 is 5.91 Å². The van der Waals surface area contributed by atoms with Crippen LogP contribution in [-0.2, 0) is 4.74 Å². The van der Waals surface area contributed by atoms with Crippen LogP contribution in [0.1, 0.15) is 41.7 Å². The first-order chi connectivity index (χ1) is 14.1. The van der Waals surface area contributed by atoms with Gasteiger partial charge in [-0.3, -0.25) is 9.59 Å². The summed E-state index contributed by atoms with van der Waals surface area (Å²) >= 11 is 0. The molecule has 1 aliphatic heterocycles. The molecule has 2 aromatic rings. The summed E-state index contributed by atoms with van der Waals surface area (Å²) in [5.41, 5.74) is 1.12. The predicted molar refractivity (Wildman–Crippen MR) is 113 cm³/mol. The van der Waals surface area contributed by atoms with E-state index in [1.807, 2.05) is 25.1 Å².